The summed E-state index contributed by atoms with van der Waals surface area (Å²) in [6.45, 7) is 0. The van der Waals surface area contributed by atoms with E-state index in [-0.39, 0.29) is 5.69 Å². The minimum absolute atomic E-state index is 0.0593. The topological polar surface area (TPSA) is 83.2 Å². The summed E-state index contributed by atoms with van der Waals surface area (Å²) in [7, 11) is 0. The molecule has 0 aliphatic carbocycles. The molecule has 1 N–H and O–H groups in total. The normalized spacial score (nSPS) is 9.50. The number of carboxylic acid groups (broad SMARTS) is 1. The number of aromatic nitrogens is 1. The van der Waals surface area contributed by atoms with E-state index in [0.29, 0.717) is 17.1 Å². The van der Waals surface area contributed by atoms with Crippen LogP contribution in [-0.2, 0) is 0 Å². The molecule has 2 rings (SSSR count). The van der Waals surface area contributed by atoms with Crippen molar-refractivity contribution in [3.63, 3.8) is 0 Å². The monoisotopic (exact) mass is 240 g/mol. The van der Waals surface area contributed by atoms with Gasteiger partial charge in [0.05, 0.1) is 11.8 Å². The number of aromatic carboxylic acids is 1. The van der Waals surface area contributed by atoms with Crippen molar-refractivity contribution in [3.05, 3.63) is 53.9 Å². The zero-order chi connectivity index (χ0) is 13.0. The Hall–Kier alpha value is -2.87. The van der Waals surface area contributed by atoms with Crippen LogP contribution in [0.4, 0.5) is 0 Å². The fourth-order valence-electron chi connectivity index (χ4n) is 1.34. The van der Waals surface area contributed by atoms with Gasteiger partial charge in [0.15, 0.2) is 0 Å². The van der Waals surface area contributed by atoms with E-state index in [2.05, 4.69) is 4.98 Å². The molecule has 0 spiro atoms. The average molecular weight is 240 g/mol. The minimum atomic E-state index is -1.10. The van der Waals surface area contributed by atoms with Gasteiger partial charge in [0, 0.05) is 0 Å². The summed E-state index contributed by atoms with van der Waals surface area (Å²) < 4.78 is 5.46. The summed E-state index contributed by atoms with van der Waals surface area (Å²) in [5.41, 5.74) is 0.343. The third kappa shape index (κ3) is 2.44. The van der Waals surface area contributed by atoms with E-state index >= 15 is 0 Å². The molecule has 5 nitrogen and oxygen atoms in total. The van der Waals surface area contributed by atoms with Crippen LogP contribution in [0.2, 0.25) is 0 Å². The summed E-state index contributed by atoms with van der Waals surface area (Å²) in [4.78, 5) is 14.3. The lowest BCUT2D eigenvalue weighted by Crippen LogP contribution is -1.99. The fraction of sp³-hybridized carbons (Fsp3) is 0. The van der Waals surface area contributed by atoms with Crippen molar-refractivity contribution in [1.29, 1.82) is 5.26 Å². The highest BCUT2D eigenvalue weighted by molar-refractivity contribution is 5.85. The van der Waals surface area contributed by atoms with Crippen LogP contribution in [-0.4, -0.2) is 16.1 Å². The van der Waals surface area contributed by atoms with Crippen LogP contribution in [0.25, 0.3) is 0 Å². The number of para-hydroxylation sites is 1. The third-order valence-corrected chi connectivity index (χ3v) is 2.19. The fourth-order valence-corrected chi connectivity index (χ4v) is 1.34. The highest BCUT2D eigenvalue weighted by Gasteiger charge is 2.06. The zero-order valence-electron chi connectivity index (χ0n) is 9.20. The van der Waals surface area contributed by atoms with Crippen LogP contribution in [0.3, 0.4) is 0 Å². The molecule has 1 aromatic carbocycles. The molecule has 0 bridgehead atoms. The van der Waals surface area contributed by atoms with Crippen LogP contribution in [0.15, 0.2) is 42.6 Å². The molecule has 2 aromatic rings. The Balaban J connectivity index is 2.24. The van der Waals surface area contributed by atoms with Gasteiger partial charge in [-0.3, -0.25) is 0 Å². The summed E-state index contributed by atoms with van der Waals surface area (Å²) in [5.74, 6) is -0.313. The Morgan fingerprint density at radius 1 is 1.28 bits per heavy atom. The first-order valence-electron chi connectivity index (χ1n) is 5.07. The molecule has 18 heavy (non-hydrogen) atoms. The summed E-state index contributed by atoms with van der Waals surface area (Å²) >= 11 is 0. The molecule has 0 atom stereocenters. The maximum atomic E-state index is 10.6. The molecule has 0 saturated heterocycles. The number of ether oxygens (including phenoxy) is 1. The first kappa shape index (κ1) is 11.6. The number of nitriles is 1. The number of carbonyl (C=O) groups is 1. The lowest BCUT2D eigenvalue weighted by Gasteiger charge is -2.06. The van der Waals surface area contributed by atoms with E-state index in [4.69, 9.17) is 15.1 Å². The molecule has 1 heterocycles. The highest BCUT2D eigenvalue weighted by atomic mass is 16.5. The van der Waals surface area contributed by atoms with E-state index in [9.17, 15) is 4.79 Å². The van der Waals surface area contributed by atoms with Crippen LogP contribution in [0.5, 0.6) is 11.5 Å². The van der Waals surface area contributed by atoms with Crippen molar-refractivity contribution in [2.75, 3.05) is 0 Å². The van der Waals surface area contributed by atoms with Crippen LogP contribution in [0.1, 0.15) is 16.1 Å². The van der Waals surface area contributed by atoms with Gasteiger partial charge in [-0.15, -0.1) is 0 Å². The van der Waals surface area contributed by atoms with E-state index in [1.165, 1.54) is 18.3 Å². The maximum absolute atomic E-state index is 10.6. The molecule has 0 fully saturated rings. The van der Waals surface area contributed by atoms with Gasteiger partial charge in [-0.2, -0.15) is 5.26 Å². The van der Waals surface area contributed by atoms with Crippen LogP contribution in [0, 0.1) is 11.3 Å². The van der Waals surface area contributed by atoms with Crippen molar-refractivity contribution < 1.29 is 14.6 Å². The number of hydrogen-bond acceptors (Lipinski definition) is 4. The van der Waals surface area contributed by atoms with Gasteiger partial charge >= 0.3 is 5.97 Å². The summed E-state index contributed by atoms with van der Waals surface area (Å²) in [5, 5.41) is 17.6. The lowest BCUT2D eigenvalue weighted by atomic mass is 10.2. The van der Waals surface area contributed by atoms with Crippen molar-refractivity contribution in [3.8, 4) is 17.6 Å². The van der Waals surface area contributed by atoms with E-state index < -0.39 is 5.97 Å². The molecule has 88 valence electrons. The molecule has 0 saturated carbocycles. The predicted octanol–water partition coefficient (Wildman–Crippen LogP) is 2.44. The number of carboxylic acids is 1. The number of hydrogen-bond donors (Lipinski definition) is 1. The smallest absolute Gasteiger partial charge is 0.354 e. The third-order valence-electron chi connectivity index (χ3n) is 2.19. The van der Waals surface area contributed by atoms with Crippen molar-refractivity contribution in [2.24, 2.45) is 0 Å². The van der Waals surface area contributed by atoms with E-state index in [0.717, 1.165) is 0 Å². The number of rotatable bonds is 3. The van der Waals surface area contributed by atoms with Gasteiger partial charge in [0.2, 0.25) is 0 Å². The van der Waals surface area contributed by atoms with Gasteiger partial charge in [-0.05, 0) is 24.3 Å². The molecular formula is C13H8N2O3. The van der Waals surface area contributed by atoms with Gasteiger partial charge in [0.1, 0.15) is 23.3 Å². The molecular weight excluding hydrogens is 232 g/mol. The second-order valence-electron chi connectivity index (χ2n) is 3.39. The quantitative estimate of drug-likeness (QED) is 0.890. The molecule has 0 aliphatic heterocycles. The Bertz CT molecular complexity index is 615. The lowest BCUT2D eigenvalue weighted by molar-refractivity contribution is 0.0690. The Labute approximate surface area is 103 Å². The standard InChI is InChI=1S/C13H8N2O3/c14-7-9-3-1-2-4-12(9)18-10-5-6-11(13(16)17)15-8-10/h1-6,8H,(H,16,17). The van der Waals surface area contributed by atoms with Crippen molar-refractivity contribution >= 4 is 5.97 Å². The number of nitrogens with zero attached hydrogens (tertiary/aromatic N) is 2. The van der Waals surface area contributed by atoms with Crippen molar-refractivity contribution in [1.82, 2.24) is 4.98 Å². The SMILES string of the molecule is N#Cc1ccccc1Oc1ccc(C(=O)O)nc1. The predicted molar refractivity (Wildman–Crippen MR) is 62.4 cm³/mol. The van der Waals surface area contributed by atoms with E-state index in [1.807, 2.05) is 6.07 Å². The zero-order valence-corrected chi connectivity index (χ0v) is 9.20. The van der Waals surface area contributed by atoms with Gasteiger partial charge < -0.3 is 9.84 Å². The Morgan fingerprint density at radius 3 is 2.67 bits per heavy atom. The van der Waals surface area contributed by atoms with Gasteiger partial charge in [-0.25, -0.2) is 9.78 Å². The van der Waals surface area contributed by atoms with Crippen LogP contribution >= 0.6 is 0 Å². The molecule has 5 heteroatoms. The molecule has 0 aliphatic rings. The minimum Gasteiger partial charge on any atom is -0.477 e. The summed E-state index contributed by atoms with van der Waals surface area (Å²) in [6.07, 6.45) is 1.30. The highest BCUT2D eigenvalue weighted by Crippen LogP contribution is 2.23. The number of benzene rings is 1. The first-order valence-corrected chi connectivity index (χ1v) is 5.07. The van der Waals surface area contributed by atoms with Crippen molar-refractivity contribution in [2.45, 2.75) is 0 Å². The van der Waals surface area contributed by atoms with E-state index in [1.54, 1.807) is 24.3 Å². The Morgan fingerprint density at radius 2 is 2.06 bits per heavy atom. The largest absolute Gasteiger partial charge is 0.477 e. The number of pyridine rings is 1. The Kier molecular flexibility index (Phi) is 3.21. The second kappa shape index (κ2) is 4.97. The van der Waals surface area contributed by atoms with Gasteiger partial charge in [0.25, 0.3) is 0 Å². The second-order valence-corrected chi connectivity index (χ2v) is 3.39. The molecule has 0 amide bonds. The molecule has 0 unspecified atom stereocenters. The molecule has 1 aromatic heterocycles. The summed E-state index contributed by atoms with van der Waals surface area (Å²) in [6, 6.07) is 11.6. The maximum Gasteiger partial charge on any atom is 0.354 e. The van der Waals surface area contributed by atoms with Gasteiger partial charge in [-0.1, -0.05) is 12.1 Å². The first-order chi connectivity index (χ1) is 8.70. The molecule has 0 radical (unpaired) electrons. The average Bonchev–Trinajstić information content (AvgIpc) is 2.40. The van der Waals surface area contributed by atoms with Crippen LogP contribution < -0.4 is 4.74 Å².